The Morgan fingerprint density at radius 1 is 1.00 bits per heavy atom. The summed E-state index contributed by atoms with van der Waals surface area (Å²) in [6.45, 7) is 2.86. The highest BCUT2D eigenvalue weighted by atomic mass is 16.2. The first-order valence-electron chi connectivity index (χ1n) is 8.52. The van der Waals surface area contributed by atoms with Gasteiger partial charge in [0.05, 0.1) is 11.0 Å². The number of nitrogens with one attached hydrogen (secondary N) is 1. The zero-order valence-corrected chi connectivity index (χ0v) is 14.2. The minimum atomic E-state index is -0.197. The summed E-state index contributed by atoms with van der Waals surface area (Å²) in [5.74, 6) is 0.315. The summed E-state index contributed by atoms with van der Waals surface area (Å²) in [5, 5.41) is 2.85. The van der Waals surface area contributed by atoms with Crippen molar-refractivity contribution in [3.05, 3.63) is 60.2 Å². The first-order valence-corrected chi connectivity index (χ1v) is 8.52. The number of Topliss-reactive ketones (excluding diaryl/α,β-unsaturated/α-hetero) is 1. The van der Waals surface area contributed by atoms with Crippen LogP contribution in [0.4, 0.5) is 5.95 Å². The average molecular weight is 335 g/mol. The van der Waals surface area contributed by atoms with Crippen LogP contribution in [0.5, 0.6) is 0 Å². The highest BCUT2D eigenvalue weighted by Crippen LogP contribution is 2.20. The molecule has 0 aliphatic rings. The van der Waals surface area contributed by atoms with Gasteiger partial charge in [0, 0.05) is 24.9 Å². The SMILES string of the molecule is CCCn1c(NC(=O)CCC(=O)c2ccccc2)nc2ccccc21. The van der Waals surface area contributed by atoms with Crippen molar-refractivity contribution < 1.29 is 9.59 Å². The second kappa shape index (κ2) is 7.75. The lowest BCUT2D eigenvalue weighted by Crippen LogP contribution is -2.17. The number of aryl methyl sites for hydroxylation is 1. The van der Waals surface area contributed by atoms with Crippen LogP contribution in [0.2, 0.25) is 0 Å². The monoisotopic (exact) mass is 335 g/mol. The molecule has 0 unspecified atom stereocenters. The lowest BCUT2D eigenvalue weighted by Gasteiger charge is -2.08. The maximum Gasteiger partial charge on any atom is 0.227 e. The number of fused-ring (bicyclic) bond motifs is 1. The van der Waals surface area contributed by atoms with Gasteiger partial charge in [-0.25, -0.2) is 4.98 Å². The quantitative estimate of drug-likeness (QED) is 0.663. The Bertz CT molecular complexity index is 884. The number of hydrogen-bond acceptors (Lipinski definition) is 3. The van der Waals surface area contributed by atoms with E-state index >= 15 is 0 Å². The maximum atomic E-state index is 12.3. The molecule has 3 rings (SSSR count). The number of para-hydroxylation sites is 2. The summed E-state index contributed by atoms with van der Waals surface area (Å²) in [5.41, 5.74) is 2.49. The molecule has 0 fully saturated rings. The topological polar surface area (TPSA) is 64.0 Å². The third-order valence-corrected chi connectivity index (χ3v) is 4.03. The van der Waals surface area contributed by atoms with Crippen molar-refractivity contribution >= 4 is 28.7 Å². The predicted molar refractivity (Wildman–Crippen MR) is 98.7 cm³/mol. The molecule has 1 aromatic heterocycles. The van der Waals surface area contributed by atoms with Gasteiger partial charge >= 0.3 is 0 Å². The molecule has 3 aromatic rings. The van der Waals surface area contributed by atoms with Crippen molar-refractivity contribution in [1.82, 2.24) is 9.55 Å². The van der Waals surface area contributed by atoms with Gasteiger partial charge in [0.25, 0.3) is 0 Å². The van der Waals surface area contributed by atoms with Crippen molar-refractivity contribution in [2.24, 2.45) is 0 Å². The summed E-state index contributed by atoms with van der Waals surface area (Å²) < 4.78 is 2.01. The molecule has 25 heavy (non-hydrogen) atoms. The van der Waals surface area contributed by atoms with Gasteiger partial charge in [-0.15, -0.1) is 0 Å². The summed E-state index contributed by atoms with van der Waals surface area (Å²) >= 11 is 0. The summed E-state index contributed by atoms with van der Waals surface area (Å²) in [6.07, 6.45) is 1.27. The average Bonchev–Trinajstić information content (AvgIpc) is 2.98. The number of aromatic nitrogens is 2. The van der Waals surface area contributed by atoms with E-state index in [0.717, 1.165) is 24.0 Å². The molecule has 1 heterocycles. The Balaban J connectivity index is 1.67. The van der Waals surface area contributed by atoms with E-state index in [-0.39, 0.29) is 24.5 Å². The fraction of sp³-hybridized carbons (Fsp3) is 0.250. The van der Waals surface area contributed by atoms with Gasteiger partial charge in [0.2, 0.25) is 11.9 Å². The van der Waals surface area contributed by atoms with E-state index in [1.165, 1.54) is 0 Å². The van der Waals surface area contributed by atoms with Crippen molar-refractivity contribution in [3.8, 4) is 0 Å². The molecular weight excluding hydrogens is 314 g/mol. The van der Waals surface area contributed by atoms with Crippen LogP contribution in [0.15, 0.2) is 54.6 Å². The normalized spacial score (nSPS) is 10.8. The highest BCUT2D eigenvalue weighted by molar-refractivity contribution is 6.00. The molecule has 128 valence electrons. The van der Waals surface area contributed by atoms with Crippen molar-refractivity contribution in [2.75, 3.05) is 5.32 Å². The van der Waals surface area contributed by atoms with Crippen LogP contribution >= 0.6 is 0 Å². The Kier molecular flexibility index (Phi) is 5.23. The fourth-order valence-corrected chi connectivity index (χ4v) is 2.80. The van der Waals surface area contributed by atoms with E-state index in [1.54, 1.807) is 12.1 Å². The Labute approximate surface area is 146 Å². The van der Waals surface area contributed by atoms with Crippen LogP contribution in [0.3, 0.4) is 0 Å². The minimum Gasteiger partial charge on any atom is -0.310 e. The van der Waals surface area contributed by atoms with Crippen molar-refractivity contribution in [2.45, 2.75) is 32.7 Å². The van der Waals surface area contributed by atoms with Gasteiger partial charge in [-0.2, -0.15) is 0 Å². The number of carbonyl (C=O) groups is 2. The van der Waals surface area contributed by atoms with Crippen LogP contribution in [0, 0.1) is 0 Å². The number of amides is 1. The zero-order chi connectivity index (χ0) is 17.6. The Morgan fingerprint density at radius 2 is 1.72 bits per heavy atom. The number of anilines is 1. The van der Waals surface area contributed by atoms with E-state index in [2.05, 4.69) is 17.2 Å². The molecule has 0 atom stereocenters. The van der Waals surface area contributed by atoms with Gasteiger partial charge in [-0.1, -0.05) is 49.4 Å². The number of nitrogens with zero attached hydrogens (tertiary/aromatic N) is 2. The minimum absolute atomic E-state index is 0.0298. The first kappa shape index (κ1) is 16.9. The molecule has 0 spiro atoms. The number of hydrogen-bond donors (Lipinski definition) is 1. The van der Waals surface area contributed by atoms with Crippen molar-refractivity contribution in [3.63, 3.8) is 0 Å². The summed E-state index contributed by atoms with van der Waals surface area (Å²) in [6, 6.07) is 16.8. The van der Waals surface area contributed by atoms with Gasteiger partial charge < -0.3 is 4.57 Å². The number of ketones is 1. The lowest BCUT2D eigenvalue weighted by atomic mass is 10.1. The molecule has 5 heteroatoms. The van der Waals surface area contributed by atoms with Crippen LogP contribution < -0.4 is 5.32 Å². The lowest BCUT2D eigenvalue weighted by molar-refractivity contribution is -0.116. The van der Waals surface area contributed by atoms with Crippen LogP contribution in [-0.4, -0.2) is 21.2 Å². The molecule has 0 aliphatic carbocycles. The molecule has 0 aliphatic heterocycles. The molecule has 1 N–H and O–H groups in total. The van der Waals surface area contributed by atoms with E-state index in [0.29, 0.717) is 11.5 Å². The number of benzene rings is 2. The van der Waals surface area contributed by atoms with E-state index < -0.39 is 0 Å². The van der Waals surface area contributed by atoms with Crippen LogP contribution in [0.1, 0.15) is 36.5 Å². The second-order valence-corrected chi connectivity index (χ2v) is 5.91. The zero-order valence-electron chi connectivity index (χ0n) is 14.2. The number of rotatable bonds is 7. The predicted octanol–water partition coefficient (Wildman–Crippen LogP) is 4.05. The van der Waals surface area contributed by atoms with E-state index in [1.807, 2.05) is 47.0 Å². The molecule has 1 amide bonds. The van der Waals surface area contributed by atoms with E-state index in [4.69, 9.17) is 0 Å². The highest BCUT2D eigenvalue weighted by Gasteiger charge is 2.14. The Hall–Kier alpha value is -2.95. The molecule has 0 saturated heterocycles. The summed E-state index contributed by atoms with van der Waals surface area (Å²) in [7, 11) is 0. The second-order valence-electron chi connectivity index (χ2n) is 5.91. The first-order chi connectivity index (χ1) is 12.2. The molecule has 2 aromatic carbocycles. The molecular formula is C20H21N3O2. The van der Waals surface area contributed by atoms with Gasteiger partial charge in [-0.05, 0) is 18.6 Å². The summed E-state index contributed by atoms with van der Waals surface area (Å²) in [4.78, 5) is 28.9. The standard InChI is InChI=1S/C20H21N3O2/c1-2-14-23-17-11-7-6-10-16(17)21-20(23)22-19(25)13-12-18(24)15-8-4-3-5-9-15/h3-11H,2,12-14H2,1H3,(H,21,22,25). The third-order valence-electron chi connectivity index (χ3n) is 4.03. The maximum absolute atomic E-state index is 12.3. The fourth-order valence-electron chi connectivity index (χ4n) is 2.80. The van der Waals surface area contributed by atoms with Crippen molar-refractivity contribution in [1.29, 1.82) is 0 Å². The van der Waals surface area contributed by atoms with Crippen LogP contribution in [-0.2, 0) is 11.3 Å². The molecule has 0 bridgehead atoms. The van der Waals surface area contributed by atoms with Gasteiger partial charge in [0.1, 0.15) is 0 Å². The van der Waals surface area contributed by atoms with Crippen LogP contribution in [0.25, 0.3) is 11.0 Å². The number of imidazole rings is 1. The molecule has 0 radical (unpaired) electrons. The largest absolute Gasteiger partial charge is 0.310 e. The van der Waals surface area contributed by atoms with Gasteiger partial charge in [-0.3, -0.25) is 14.9 Å². The third kappa shape index (κ3) is 3.94. The molecule has 5 nitrogen and oxygen atoms in total. The van der Waals surface area contributed by atoms with E-state index in [9.17, 15) is 9.59 Å². The smallest absolute Gasteiger partial charge is 0.227 e. The van der Waals surface area contributed by atoms with Gasteiger partial charge in [0.15, 0.2) is 5.78 Å². The Morgan fingerprint density at radius 3 is 2.48 bits per heavy atom. The molecule has 0 saturated carbocycles. The number of carbonyl (C=O) groups excluding carboxylic acids is 2.